The average Bonchev–Trinajstić information content (AvgIpc) is 3.17. The predicted octanol–water partition coefficient (Wildman–Crippen LogP) is 4.96. The van der Waals surface area contributed by atoms with E-state index in [1.54, 1.807) is 48.4 Å². The number of aliphatic hydroxyl groups excluding tert-OH is 1. The highest BCUT2D eigenvalue weighted by Crippen LogP contribution is 2.40. The number of hydrogen-bond donors (Lipinski definition) is 1. The first-order valence-corrected chi connectivity index (χ1v) is 12.6. The molecule has 0 bridgehead atoms. The van der Waals surface area contributed by atoms with E-state index in [1.165, 1.54) is 0 Å². The fraction of sp³-hybridized carbons (Fsp3) is 0.290. The van der Waals surface area contributed by atoms with Crippen molar-refractivity contribution in [3.05, 3.63) is 101 Å². The molecule has 3 aromatic rings. The molecule has 1 atom stereocenters. The van der Waals surface area contributed by atoms with Gasteiger partial charge in [0.05, 0.1) is 18.7 Å². The van der Waals surface area contributed by atoms with Gasteiger partial charge in [-0.25, -0.2) is 0 Å². The highest BCUT2D eigenvalue weighted by Gasteiger charge is 2.45. The van der Waals surface area contributed by atoms with Gasteiger partial charge in [0.15, 0.2) is 0 Å². The Bertz CT molecular complexity index is 1330. The van der Waals surface area contributed by atoms with Gasteiger partial charge < -0.3 is 24.4 Å². The number of methoxy groups -OCH3 is 1. The van der Waals surface area contributed by atoms with Gasteiger partial charge >= 0.3 is 0 Å². The first-order valence-electron chi connectivity index (χ1n) is 12.6. The monoisotopic (exact) mass is 514 g/mol. The van der Waals surface area contributed by atoms with Crippen LogP contribution >= 0.6 is 0 Å². The number of benzene rings is 3. The van der Waals surface area contributed by atoms with Gasteiger partial charge in [0, 0.05) is 12.1 Å². The lowest BCUT2D eigenvalue weighted by atomic mass is 9.95. The van der Waals surface area contributed by atoms with Gasteiger partial charge in [-0.05, 0) is 81.5 Å². The lowest BCUT2D eigenvalue weighted by Gasteiger charge is -2.26. The van der Waals surface area contributed by atoms with Crippen LogP contribution < -0.4 is 9.47 Å². The summed E-state index contributed by atoms with van der Waals surface area (Å²) in [4.78, 5) is 29.9. The van der Waals surface area contributed by atoms with Crippen molar-refractivity contribution in [2.75, 3.05) is 34.3 Å². The number of rotatable bonds is 10. The number of amides is 1. The Morgan fingerprint density at radius 3 is 2.39 bits per heavy atom. The molecule has 1 unspecified atom stereocenters. The number of nitrogens with zero attached hydrogens (tertiary/aromatic N) is 2. The highest BCUT2D eigenvalue weighted by atomic mass is 16.5. The van der Waals surface area contributed by atoms with Crippen LogP contribution in [0.15, 0.2) is 78.4 Å². The summed E-state index contributed by atoms with van der Waals surface area (Å²) < 4.78 is 11.3. The Hall–Kier alpha value is -4.10. The minimum atomic E-state index is -0.718. The van der Waals surface area contributed by atoms with Crippen LogP contribution in [0.5, 0.6) is 11.5 Å². The van der Waals surface area contributed by atoms with Crippen LogP contribution in [0.25, 0.3) is 5.76 Å². The van der Waals surface area contributed by atoms with Crippen molar-refractivity contribution >= 4 is 17.4 Å². The lowest BCUT2D eigenvalue weighted by molar-refractivity contribution is -0.139. The van der Waals surface area contributed by atoms with E-state index < -0.39 is 17.7 Å². The zero-order valence-corrected chi connectivity index (χ0v) is 22.3. The molecule has 0 aromatic heterocycles. The summed E-state index contributed by atoms with van der Waals surface area (Å²) in [5.41, 5.74) is 3.43. The second-order valence-corrected chi connectivity index (χ2v) is 9.73. The molecule has 1 amide bonds. The second-order valence-electron chi connectivity index (χ2n) is 9.73. The van der Waals surface area contributed by atoms with Crippen LogP contribution in [0.2, 0.25) is 0 Å². The Morgan fingerprint density at radius 1 is 0.974 bits per heavy atom. The third-order valence-corrected chi connectivity index (χ3v) is 6.57. The molecule has 1 aliphatic rings. The van der Waals surface area contributed by atoms with Gasteiger partial charge in [-0.3, -0.25) is 9.59 Å². The van der Waals surface area contributed by atoms with E-state index >= 15 is 0 Å². The van der Waals surface area contributed by atoms with E-state index in [0.29, 0.717) is 42.2 Å². The minimum Gasteiger partial charge on any atom is -0.507 e. The largest absolute Gasteiger partial charge is 0.507 e. The van der Waals surface area contributed by atoms with Crippen molar-refractivity contribution in [1.29, 1.82) is 0 Å². The molecule has 3 aromatic carbocycles. The zero-order chi connectivity index (χ0) is 27.2. The van der Waals surface area contributed by atoms with Gasteiger partial charge in [0.2, 0.25) is 0 Å². The maximum Gasteiger partial charge on any atom is 0.295 e. The summed E-state index contributed by atoms with van der Waals surface area (Å²) in [6.45, 7) is 3.59. The van der Waals surface area contributed by atoms with Crippen LogP contribution in [0.4, 0.5) is 0 Å². The highest BCUT2D eigenvalue weighted by molar-refractivity contribution is 6.46. The molecular formula is C31H34N2O5. The number of carbonyl (C=O) groups is 2. The number of Topliss-reactive ketones (excluding diaryl/α,β-unsaturated/α-hetero) is 1. The smallest absolute Gasteiger partial charge is 0.295 e. The third kappa shape index (κ3) is 6.06. The average molecular weight is 515 g/mol. The summed E-state index contributed by atoms with van der Waals surface area (Å²) >= 11 is 0. The molecule has 7 heteroatoms. The topological polar surface area (TPSA) is 79.3 Å². The number of ketones is 1. The number of hydrogen-bond acceptors (Lipinski definition) is 6. The molecule has 7 nitrogen and oxygen atoms in total. The molecule has 1 heterocycles. The van der Waals surface area contributed by atoms with Crippen LogP contribution in [0, 0.1) is 6.92 Å². The molecular weight excluding hydrogens is 480 g/mol. The normalized spacial score (nSPS) is 16.8. The van der Waals surface area contributed by atoms with E-state index in [-0.39, 0.29) is 11.3 Å². The quantitative estimate of drug-likeness (QED) is 0.234. The van der Waals surface area contributed by atoms with Crippen molar-refractivity contribution in [3.8, 4) is 11.5 Å². The third-order valence-electron chi connectivity index (χ3n) is 6.57. The summed E-state index contributed by atoms with van der Waals surface area (Å²) in [7, 11) is 5.49. The molecule has 1 fully saturated rings. The molecule has 4 rings (SSSR count). The van der Waals surface area contributed by atoms with Gasteiger partial charge in [0.1, 0.15) is 23.9 Å². The maximum absolute atomic E-state index is 13.2. The Balaban J connectivity index is 1.64. The van der Waals surface area contributed by atoms with Gasteiger partial charge in [-0.15, -0.1) is 0 Å². The molecule has 38 heavy (non-hydrogen) atoms. The van der Waals surface area contributed by atoms with Crippen LogP contribution in [-0.4, -0.2) is 60.9 Å². The molecule has 1 saturated heterocycles. The number of likely N-dealkylation sites (tertiary alicyclic amines) is 1. The van der Waals surface area contributed by atoms with E-state index in [2.05, 4.69) is 6.07 Å². The molecule has 0 aliphatic carbocycles. The molecule has 1 aliphatic heterocycles. The van der Waals surface area contributed by atoms with E-state index in [1.807, 2.05) is 56.3 Å². The maximum atomic E-state index is 13.2. The number of carbonyl (C=O) groups excluding carboxylic acids is 2. The number of ether oxygens (including phenoxy) is 2. The molecule has 1 N–H and O–H groups in total. The Labute approximate surface area is 223 Å². The molecule has 0 radical (unpaired) electrons. The van der Waals surface area contributed by atoms with E-state index in [9.17, 15) is 14.7 Å². The first kappa shape index (κ1) is 26.9. The van der Waals surface area contributed by atoms with Crippen LogP contribution in [-0.2, 0) is 16.2 Å². The fourth-order valence-corrected chi connectivity index (χ4v) is 4.66. The van der Waals surface area contributed by atoms with Crippen LogP contribution in [0.1, 0.15) is 34.7 Å². The summed E-state index contributed by atoms with van der Waals surface area (Å²) in [6, 6.07) is 21.5. The van der Waals surface area contributed by atoms with E-state index in [4.69, 9.17) is 9.47 Å². The van der Waals surface area contributed by atoms with Crippen LogP contribution in [0.3, 0.4) is 0 Å². The van der Waals surface area contributed by atoms with Gasteiger partial charge in [-0.1, -0.05) is 42.0 Å². The Kier molecular flexibility index (Phi) is 8.48. The summed E-state index contributed by atoms with van der Waals surface area (Å²) in [6.07, 6.45) is 0.688. The Morgan fingerprint density at radius 2 is 1.71 bits per heavy atom. The van der Waals surface area contributed by atoms with Crippen molar-refractivity contribution < 1.29 is 24.2 Å². The fourth-order valence-electron chi connectivity index (χ4n) is 4.66. The predicted molar refractivity (Wildman–Crippen MR) is 147 cm³/mol. The van der Waals surface area contributed by atoms with Crippen molar-refractivity contribution in [2.24, 2.45) is 0 Å². The van der Waals surface area contributed by atoms with Crippen molar-refractivity contribution in [3.63, 3.8) is 0 Å². The summed E-state index contributed by atoms with van der Waals surface area (Å²) in [5, 5.41) is 11.3. The standard InChI is InChI=1S/C31H34N2O5/c1-21-8-5-9-22(18-21)20-38-25-14-12-23(13-15-25)29(34)27-28(24-10-6-11-26(19-24)37-4)33(31(36)30(27)35)17-7-16-32(2)3/h5-6,8-15,18-19,28,34H,7,16-17,20H2,1-4H3/b29-27+. The number of aliphatic hydroxyl groups is 1. The summed E-state index contributed by atoms with van der Waals surface area (Å²) in [5.74, 6) is -0.277. The first-order chi connectivity index (χ1) is 18.3. The minimum absolute atomic E-state index is 0.0709. The van der Waals surface area contributed by atoms with Gasteiger partial charge in [0.25, 0.3) is 11.7 Å². The SMILES string of the molecule is COc1cccc(C2/C(=C(\O)c3ccc(OCc4cccc(C)c4)cc3)C(=O)C(=O)N2CCCN(C)C)c1. The van der Waals surface area contributed by atoms with Crippen molar-refractivity contribution in [2.45, 2.75) is 26.0 Å². The second kappa shape index (κ2) is 12.0. The molecule has 0 saturated carbocycles. The zero-order valence-electron chi connectivity index (χ0n) is 22.3. The molecule has 0 spiro atoms. The van der Waals surface area contributed by atoms with Gasteiger partial charge in [-0.2, -0.15) is 0 Å². The molecule has 198 valence electrons. The number of aryl methyl sites for hydroxylation is 1. The van der Waals surface area contributed by atoms with E-state index in [0.717, 1.165) is 17.7 Å². The van der Waals surface area contributed by atoms with Crippen molar-refractivity contribution in [1.82, 2.24) is 9.80 Å². The lowest BCUT2D eigenvalue weighted by Crippen LogP contribution is -2.32.